The van der Waals surface area contributed by atoms with Crippen LogP contribution in [0.15, 0.2) is 60.8 Å². The van der Waals surface area contributed by atoms with E-state index in [9.17, 15) is 0 Å². The summed E-state index contributed by atoms with van der Waals surface area (Å²) >= 11 is 0. The van der Waals surface area contributed by atoms with E-state index in [0.29, 0.717) is 0 Å². The molecule has 0 amide bonds. The minimum Gasteiger partial charge on any atom is -0.356 e. The first-order valence-electron chi connectivity index (χ1n) is 4.73. The Bertz CT molecular complexity index is 399. The molecule has 70 valence electrons. The molecule has 1 N–H and O–H groups in total. The number of nitrogens with one attached hydrogen (secondary N) is 1. The Morgan fingerprint density at radius 1 is 1.14 bits per heavy atom. The molecule has 2 rings (SSSR count). The topological polar surface area (TPSA) is 12.0 Å². The van der Waals surface area contributed by atoms with Gasteiger partial charge < -0.3 is 5.32 Å². The van der Waals surface area contributed by atoms with Gasteiger partial charge in [-0.25, -0.2) is 0 Å². The van der Waals surface area contributed by atoms with Crippen LogP contribution in [0.4, 0.5) is 5.69 Å². The number of anilines is 1. The maximum absolute atomic E-state index is 3.92. The minimum absolute atomic E-state index is 0.920. The number of hydrogen-bond acceptors (Lipinski definition) is 1. The zero-order valence-electron chi connectivity index (χ0n) is 8.03. The quantitative estimate of drug-likeness (QED) is 0.650. The minimum atomic E-state index is 0.920. The van der Waals surface area contributed by atoms with Crippen molar-refractivity contribution in [2.24, 2.45) is 0 Å². The SMILES string of the molecule is C=C1/C=C\C=C/Cc2ccccc2N1. The number of para-hydroxylation sites is 1. The van der Waals surface area contributed by atoms with E-state index in [1.54, 1.807) is 0 Å². The van der Waals surface area contributed by atoms with Crippen LogP contribution in [0.2, 0.25) is 0 Å². The van der Waals surface area contributed by atoms with Crippen LogP contribution >= 0.6 is 0 Å². The Morgan fingerprint density at radius 3 is 2.93 bits per heavy atom. The highest BCUT2D eigenvalue weighted by molar-refractivity contribution is 5.57. The van der Waals surface area contributed by atoms with E-state index in [0.717, 1.165) is 17.8 Å². The number of hydrogen-bond donors (Lipinski definition) is 1. The summed E-state index contributed by atoms with van der Waals surface area (Å²) in [4.78, 5) is 0. The molecule has 0 atom stereocenters. The monoisotopic (exact) mass is 183 g/mol. The first kappa shape index (κ1) is 8.82. The smallest absolute Gasteiger partial charge is 0.0419 e. The third kappa shape index (κ3) is 1.94. The zero-order valence-corrected chi connectivity index (χ0v) is 8.03. The third-order valence-electron chi connectivity index (χ3n) is 2.19. The molecule has 1 heterocycles. The highest BCUT2D eigenvalue weighted by atomic mass is 14.9. The maximum atomic E-state index is 3.92. The van der Waals surface area contributed by atoms with Crippen LogP contribution in [0.25, 0.3) is 0 Å². The van der Waals surface area contributed by atoms with E-state index < -0.39 is 0 Å². The fourth-order valence-electron chi connectivity index (χ4n) is 1.48. The molecular formula is C13H13N. The van der Waals surface area contributed by atoms with Crippen molar-refractivity contribution in [3.63, 3.8) is 0 Å². The summed E-state index contributed by atoms with van der Waals surface area (Å²) in [6.07, 6.45) is 9.13. The lowest BCUT2D eigenvalue weighted by Crippen LogP contribution is -1.98. The molecule has 0 fully saturated rings. The van der Waals surface area contributed by atoms with E-state index in [1.165, 1.54) is 5.56 Å². The molecule has 0 saturated heterocycles. The highest BCUT2D eigenvalue weighted by Crippen LogP contribution is 2.18. The second-order valence-corrected chi connectivity index (χ2v) is 3.30. The van der Waals surface area contributed by atoms with Crippen molar-refractivity contribution in [1.29, 1.82) is 0 Å². The summed E-state index contributed by atoms with van der Waals surface area (Å²) in [5, 5.41) is 3.28. The second kappa shape index (κ2) is 3.97. The Balaban J connectivity index is 2.39. The lowest BCUT2D eigenvalue weighted by Gasteiger charge is -2.09. The Morgan fingerprint density at radius 2 is 2.00 bits per heavy atom. The van der Waals surface area contributed by atoms with Gasteiger partial charge in [0.2, 0.25) is 0 Å². The van der Waals surface area contributed by atoms with Crippen molar-refractivity contribution in [2.75, 3.05) is 5.32 Å². The second-order valence-electron chi connectivity index (χ2n) is 3.30. The first-order chi connectivity index (χ1) is 6.86. The van der Waals surface area contributed by atoms with Crippen LogP contribution < -0.4 is 5.32 Å². The van der Waals surface area contributed by atoms with Gasteiger partial charge in [0.1, 0.15) is 0 Å². The molecule has 0 saturated carbocycles. The molecule has 0 bridgehead atoms. The van der Waals surface area contributed by atoms with Crippen molar-refractivity contribution >= 4 is 5.69 Å². The van der Waals surface area contributed by atoms with Gasteiger partial charge in [-0.3, -0.25) is 0 Å². The molecule has 0 aromatic heterocycles. The summed E-state index contributed by atoms with van der Waals surface area (Å²) in [6.45, 7) is 3.92. The molecule has 1 heteroatoms. The maximum Gasteiger partial charge on any atom is 0.0419 e. The summed E-state index contributed by atoms with van der Waals surface area (Å²) in [6, 6.07) is 8.30. The average Bonchev–Trinajstić information content (AvgIpc) is 2.27. The fourth-order valence-corrected chi connectivity index (χ4v) is 1.48. The van der Waals surface area contributed by atoms with Crippen LogP contribution in [0.5, 0.6) is 0 Å². The summed E-state index contributed by atoms with van der Waals surface area (Å²) in [5.41, 5.74) is 3.37. The molecule has 0 spiro atoms. The van der Waals surface area contributed by atoms with E-state index in [2.05, 4.69) is 42.2 Å². The summed E-state index contributed by atoms with van der Waals surface area (Å²) in [7, 11) is 0. The van der Waals surface area contributed by atoms with Gasteiger partial charge in [0, 0.05) is 11.4 Å². The summed E-state index contributed by atoms with van der Waals surface area (Å²) < 4.78 is 0. The molecule has 1 aromatic carbocycles. The number of rotatable bonds is 0. The van der Waals surface area contributed by atoms with Crippen LogP contribution in [0.1, 0.15) is 5.56 Å². The lowest BCUT2D eigenvalue weighted by molar-refractivity contribution is 1.26. The van der Waals surface area contributed by atoms with Gasteiger partial charge in [0.05, 0.1) is 0 Å². The van der Waals surface area contributed by atoms with Gasteiger partial charge in [-0.2, -0.15) is 0 Å². The van der Waals surface area contributed by atoms with Crippen molar-refractivity contribution in [3.8, 4) is 0 Å². The fraction of sp³-hybridized carbons (Fsp3) is 0.0769. The largest absolute Gasteiger partial charge is 0.356 e. The number of benzene rings is 1. The van der Waals surface area contributed by atoms with Crippen molar-refractivity contribution in [3.05, 3.63) is 66.4 Å². The van der Waals surface area contributed by atoms with Crippen LogP contribution in [-0.2, 0) is 6.42 Å². The Hall–Kier alpha value is -1.76. The van der Waals surface area contributed by atoms with E-state index >= 15 is 0 Å². The van der Waals surface area contributed by atoms with Crippen molar-refractivity contribution < 1.29 is 0 Å². The predicted molar refractivity (Wildman–Crippen MR) is 61.2 cm³/mol. The van der Waals surface area contributed by atoms with E-state index in [-0.39, 0.29) is 0 Å². The van der Waals surface area contributed by atoms with Gasteiger partial charge in [-0.15, -0.1) is 0 Å². The van der Waals surface area contributed by atoms with Crippen LogP contribution in [0, 0.1) is 0 Å². The Kier molecular flexibility index (Phi) is 2.50. The molecule has 0 aliphatic carbocycles. The first-order valence-corrected chi connectivity index (χ1v) is 4.73. The van der Waals surface area contributed by atoms with E-state index in [4.69, 9.17) is 0 Å². The van der Waals surface area contributed by atoms with Crippen molar-refractivity contribution in [2.45, 2.75) is 6.42 Å². The molecule has 0 radical (unpaired) electrons. The number of allylic oxidation sites excluding steroid dienone is 4. The molecule has 14 heavy (non-hydrogen) atoms. The van der Waals surface area contributed by atoms with Gasteiger partial charge in [-0.05, 0) is 24.1 Å². The molecule has 1 aromatic rings. The Labute approximate surface area is 84.5 Å². The molecule has 1 aliphatic heterocycles. The summed E-state index contributed by atoms with van der Waals surface area (Å²) in [5.74, 6) is 0. The van der Waals surface area contributed by atoms with Crippen LogP contribution in [-0.4, -0.2) is 0 Å². The van der Waals surface area contributed by atoms with Crippen molar-refractivity contribution in [1.82, 2.24) is 0 Å². The van der Waals surface area contributed by atoms with Gasteiger partial charge in [0.25, 0.3) is 0 Å². The number of fused-ring (bicyclic) bond motifs is 1. The highest BCUT2D eigenvalue weighted by Gasteiger charge is 2.00. The van der Waals surface area contributed by atoms with E-state index in [1.807, 2.05) is 18.2 Å². The predicted octanol–water partition coefficient (Wildman–Crippen LogP) is 3.28. The lowest BCUT2D eigenvalue weighted by atomic mass is 10.1. The normalized spacial score (nSPS) is 19.6. The molecular weight excluding hydrogens is 170 g/mol. The van der Waals surface area contributed by atoms with Crippen LogP contribution in [0.3, 0.4) is 0 Å². The molecule has 1 aliphatic rings. The third-order valence-corrected chi connectivity index (χ3v) is 2.19. The van der Waals surface area contributed by atoms with Gasteiger partial charge >= 0.3 is 0 Å². The standard InChI is InChI=1S/C13H13N/c1-11-7-3-2-4-8-12-9-5-6-10-13(12)14-11/h2-7,9-10,14H,1,8H2/b4-2-,7-3-. The molecule has 0 unspecified atom stereocenters. The average molecular weight is 183 g/mol. The van der Waals surface area contributed by atoms with Gasteiger partial charge in [0.15, 0.2) is 0 Å². The van der Waals surface area contributed by atoms with Gasteiger partial charge in [-0.1, -0.05) is 43.0 Å². The molecule has 1 nitrogen and oxygen atoms in total. The zero-order chi connectivity index (χ0) is 9.80.